The van der Waals surface area contributed by atoms with Crippen molar-refractivity contribution in [3.05, 3.63) is 18.0 Å². The third-order valence-corrected chi connectivity index (χ3v) is 3.33. The van der Waals surface area contributed by atoms with Crippen LogP contribution in [0.15, 0.2) is 12.4 Å². The fraction of sp³-hybridized carbons (Fsp3) is 0.667. The summed E-state index contributed by atoms with van der Waals surface area (Å²) in [6.45, 7) is 2.81. The van der Waals surface area contributed by atoms with Crippen LogP contribution >= 0.6 is 0 Å². The number of carbonyl (C=O) groups excluding carboxylic acids is 1. The molecule has 2 heterocycles. The number of nitrogens with zero attached hydrogens (tertiary/aromatic N) is 2. The van der Waals surface area contributed by atoms with Crippen LogP contribution < -0.4 is 5.32 Å². The van der Waals surface area contributed by atoms with Crippen LogP contribution in [0.5, 0.6) is 0 Å². The molecule has 0 radical (unpaired) electrons. The Hall–Kier alpha value is -1.36. The Kier molecular flexibility index (Phi) is 4.14. The molecule has 1 aliphatic heterocycles. The van der Waals surface area contributed by atoms with Crippen LogP contribution in [0, 0.1) is 5.92 Å². The minimum absolute atomic E-state index is 0.220. The first-order valence-electron chi connectivity index (χ1n) is 6.18. The van der Waals surface area contributed by atoms with Crippen LogP contribution in [-0.4, -0.2) is 41.1 Å². The molecule has 1 atom stereocenters. The molecule has 5 nitrogen and oxygen atoms in total. The second-order valence-corrected chi connectivity index (χ2v) is 4.75. The van der Waals surface area contributed by atoms with Crippen molar-refractivity contribution in [2.45, 2.75) is 25.8 Å². The van der Waals surface area contributed by atoms with Gasteiger partial charge in [0.05, 0.1) is 6.20 Å². The summed E-state index contributed by atoms with van der Waals surface area (Å²) in [5, 5.41) is 9.95. The molecule has 1 amide bonds. The van der Waals surface area contributed by atoms with Crippen molar-refractivity contribution in [2.24, 2.45) is 5.92 Å². The summed E-state index contributed by atoms with van der Waals surface area (Å²) in [7, 11) is 1.85. The first-order chi connectivity index (χ1) is 8.25. The number of rotatable bonds is 5. The summed E-state index contributed by atoms with van der Waals surface area (Å²) in [5.41, 5.74) is 1.04. The lowest BCUT2D eigenvalue weighted by Gasteiger charge is -2.17. The second-order valence-electron chi connectivity index (χ2n) is 4.75. The van der Waals surface area contributed by atoms with Gasteiger partial charge in [-0.25, -0.2) is 0 Å². The van der Waals surface area contributed by atoms with Crippen LogP contribution in [0.25, 0.3) is 0 Å². The molecule has 2 rings (SSSR count). The Morgan fingerprint density at radius 1 is 1.65 bits per heavy atom. The highest BCUT2D eigenvalue weighted by Gasteiger charge is 2.17. The van der Waals surface area contributed by atoms with Gasteiger partial charge >= 0.3 is 0 Å². The van der Waals surface area contributed by atoms with E-state index in [0.29, 0.717) is 18.9 Å². The maximum Gasteiger partial charge on any atom is 0.222 e. The molecule has 0 saturated carbocycles. The largest absolute Gasteiger partial charge is 0.341 e. The number of hydrogen-bond donors (Lipinski definition) is 2. The molecule has 1 fully saturated rings. The van der Waals surface area contributed by atoms with E-state index in [2.05, 4.69) is 15.5 Å². The van der Waals surface area contributed by atoms with Crippen LogP contribution in [-0.2, 0) is 11.3 Å². The zero-order chi connectivity index (χ0) is 12.1. The molecule has 0 aliphatic carbocycles. The molecule has 1 aliphatic rings. The van der Waals surface area contributed by atoms with Crippen LogP contribution in [0.3, 0.4) is 0 Å². The topological polar surface area (TPSA) is 61.0 Å². The number of amides is 1. The van der Waals surface area contributed by atoms with Crippen molar-refractivity contribution >= 4 is 5.91 Å². The van der Waals surface area contributed by atoms with Gasteiger partial charge in [-0.05, 0) is 31.8 Å². The maximum atomic E-state index is 11.9. The lowest BCUT2D eigenvalue weighted by molar-refractivity contribution is -0.130. The van der Waals surface area contributed by atoms with Crippen molar-refractivity contribution < 1.29 is 4.79 Å². The van der Waals surface area contributed by atoms with Gasteiger partial charge in [-0.2, -0.15) is 5.10 Å². The number of nitrogens with one attached hydrogen (secondary N) is 2. The summed E-state index contributed by atoms with van der Waals surface area (Å²) in [6, 6.07) is 0. The van der Waals surface area contributed by atoms with Crippen molar-refractivity contribution in [1.29, 1.82) is 0 Å². The zero-order valence-corrected chi connectivity index (χ0v) is 10.3. The minimum atomic E-state index is 0.220. The monoisotopic (exact) mass is 236 g/mol. The molecular weight excluding hydrogens is 216 g/mol. The van der Waals surface area contributed by atoms with E-state index in [0.717, 1.165) is 25.1 Å². The molecule has 5 heteroatoms. The van der Waals surface area contributed by atoms with Gasteiger partial charge in [0, 0.05) is 31.8 Å². The van der Waals surface area contributed by atoms with Crippen molar-refractivity contribution in [3.63, 3.8) is 0 Å². The lowest BCUT2D eigenvalue weighted by atomic mass is 10.0. The van der Waals surface area contributed by atoms with Gasteiger partial charge in [-0.3, -0.25) is 9.89 Å². The van der Waals surface area contributed by atoms with E-state index in [1.165, 1.54) is 6.42 Å². The Labute approximate surface area is 102 Å². The molecular formula is C12H20N4O. The quantitative estimate of drug-likeness (QED) is 0.793. The van der Waals surface area contributed by atoms with E-state index in [1.54, 1.807) is 11.1 Å². The van der Waals surface area contributed by atoms with Gasteiger partial charge < -0.3 is 10.2 Å². The van der Waals surface area contributed by atoms with Crippen LogP contribution in [0.1, 0.15) is 24.8 Å². The maximum absolute atomic E-state index is 11.9. The highest BCUT2D eigenvalue weighted by Crippen LogP contribution is 2.15. The second kappa shape index (κ2) is 5.82. The third kappa shape index (κ3) is 3.56. The van der Waals surface area contributed by atoms with E-state index >= 15 is 0 Å². The smallest absolute Gasteiger partial charge is 0.222 e. The zero-order valence-electron chi connectivity index (χ0n) is 10.3. The van der Waals surface area contributed by atoms with Gasteiger partial charge in [-0.15, -0.1) is 0 Å². The molecule has 1 unspecified atom stereocenters. The molecule has 0 aromatic carbocycles. The van der Waals surface area contributed by atoms with Gasteiger partial charge in [0.15, 0.2) is 0 Å². The average molecular weight is 236 g/mol. The third-order valence-electron chi connectivity index (χ3n) is 3.33. The SMILES string of the molecule is CN(Cc1cn[nH]c1)C(=O)CCC1CCNC1. The van der Waals surface area contributed by atoms with E-state index in [9.17, 15) is 4.79 Å². The number of aromatic amines is 1. The molecule has 1 saturated heterocycles. The Balaban J connectivity index is 1.71. The summed E-state index contributed by atoms with van der Waals surface area (Å²) in [6.07, 6.45) is 6.44. The fourth-order valence-electron chi connectivity index (χ4n) is 2.21. The molecule has 1 aromatic rings. The van der Waals surface area contributed by atoms with Crippen molar-refractivity contribution in [2.75, 3.05) is 20.1 Å². The predicted molar refractivity (Wildman–Crippen MR) is 65.3 cm³/mol. The van der Waals surface area contributed by atoms with Gasteiger partial charge in [0.2, 0.25) is 5.91 Å². The first kappa shape index (κ1) is 12.1. The van der Waals surface area contributed by atoms with Crippen molar-refractivity contribution in [1.82, 2.24) is 20.4 Å². The average Bonchev–Trinajstić information content (AvgIpc) is 2.98. The van der Waals surface area contributed by atoms with Gasteiger partial charge in [-0.1, -0.05) is 0 Å². The first-order valence-corrected chi connectivity index (χ1v) is 6.18. The summed E-state index contributed by atoms with van der Waals surface area (Å²) in [5.74, 6) is 0.902. The Bertz CT molecular complexity index is 343. The number of hydrogen-bond acceptors (Lipinski definition) is 3. The van der Waals surface area contributed by atoms with Gasteiger partial charge in [0.1, 0.15) is 0 Å². The molecule has 94 valence electrons. The number of carbonyl (C=O) groups is 1. The Morgan fingerprint density at radius 2 is 2.53 bits per heavy atom. The van der Waals surface area contributed by atoms with Crippen LogP contribution in [0.4, 0.5) is 0 Å². The van der Waals surface area contributed by atoms with E-state index in [1.807, 2.05) is 13.2 Å². The van der Waals surface area contributed by atoms with E-state index in [4.69, 9.17) is 0 Å². The molecule has 0 spiro atoms. The Morgan fingerprint density at radius 3 is 3.18 bits per heavy atom. The van der Waals surface area contributed by atoms with Crippen LogP contribution in [0.2, 0.25) is 0 Å². The molecule has 2 N–H and O–H groups in total. The van der Waals surface area contributed by atoms with E-state index in [-0.39, 0.29) is 5.91 Å². The minimum Gasteiger partial charge on any atom is -0.341 e. The fourth-order valence-corrected chi connectivity index (χ4v) is 2.21. The van der Waals surface area contributed by atoms with Crippen molar-refractivity contribution in [3.8, 4) is 0 Å². The number of H-pyrrole nitrogens is 1. The van der Waals surface area contributed by atoms with E-state index < -0.39 is 0 Å². The molecule has 17 heavy (non-hydrogen) atoms. The molecule has 0 bridgehead atoms. The highest BCUT2D eigenvalue weighted by molar-refractivity contribution is 5.75. The molecule has 1 aromatic heterocycles. The lowest BCUT2D eigenvalue weighted by Crippen LogP contribution is -2.26. The summed E-state index contributed by atoms with van der Waals surface area (Å²) >= 11 is 0. The predicted octanol–water partition coefficient (Wildman–Crippen LogP) is 0.758. The number of aromatic nitrogens is 2. The summed E-state index contributed by atoms with van der Waals surface area (Å²) < 4.78 is 0. The normalized spacial score (nSPS) is 19.5. The summed E-state index contributed by atoms with van der Waals surface area (Å²) in [4.78, 5) is 13.7. The highest BCUT2D eigenvalue weighted by atomic mass is 16.2. The van der Waals surface area contributed by atoms with Gasteiger partial charge in [0.25, 0.3) is 0 Å². The standard InChI is InChI=1S/C12H20N4O/c1-16(9-11-7-14-15-8-11)12(17)3-2-10-4-5-13-6-10/h7-8,10,13H,2-6,9H2,1H3,(H,14,15).